The van der Waals surface area contributed by atoms with E-state index in [-0.39, 0.29) is 18.7 Å². The zero-order valence-electron chi connectivity index (χ0n) is 10.1. The van der Waals surface area contributed by atoms with Crippen molar-refractivity contribution in [2.24, 2.45) is 0 Å². The molecule has 6 nitrogen and oxygen atoms in total. The number of anilines is 1. The summed E-state index contributed by atoms with van der Waals surface area (Å²) in [6.07, 6.45) is 0.729. The number of carbonyl (C=O) groups excluding carboxylic acids is 1. The van der Waals surface area contributed by atoms with Crippen LogP contribution < -0.4 is 5.32 Å². The molecule has 1 aliphatic rings. The van der Waals surface area contributed by atoms with Crippen LogP contribution in [-0.4, -0.2) is 40.5 Å². The minimum atomic E-state index is -0.967. The molecule has 2 heterocycles. The number of thiazole rings is 1. The topological polar surface area (TPSA) is 82.5 Å². The highest BCUT2D eigenvalue weighted by Crippen LogP contribution is 2.27. The van der Waals surface area contributed by atoms with E-state index in [1.807, 2.05) is 7.05 Å². The second-order valence-electron chi connectivity index (χ2n) is 4.32. The van der Waals surface area contributed by atoms with Crippen molar-refractivity contribution < 1.29 is 14.7 Å². The van der Waals surface area contributed by atoms with E-state index in [0.717, 1.165) is 25.2 Å². The minimum Gasteiger partial charge on any atom is -0.481 e. The molecular weight excluding hydrogens is 254 g/mol. The zero-order valence-corrected chi connectivity index (χ0v) is 10.9. The van der Waals surface area contributed by atoms with Crippen LogP contribution in [0.4, 0.5) is 5.13 Å². The summed E-state index contributed by atoms with van der Waals surface area (Å²) >= 11 is 1.47. The summed E-state index contributed by atoms with van der Waals surface area (Å²) in [5, 5.41) is 11.7. The lowest BCUT2D eigenvalue weighted by Crippen LogP contribution is -2.25. The van der Waals surface area contributed by atoms with Gasteiger partial charge in [0.05, 0.1) is 12.1 Å². The second kappa shape index (κ2) is 5.45. The molecule has 0 spiro atoms. The second-order valence-corrected chi connectivity index (χ2v) is 5.40. The Morgan fingerprint density at radius 3 is 3.00 bits per heavy atom. The van der Waals surface area contributed by atoms with Crippen molar-refractivity contribution in [2.75, 3.05) is 18.9 Å². The maximum absolute atomic E-state index is 11.5. The van der Waals surface area contributed by atoms with Crippen LogP contribution in [0.1, 0.15) is 23.4 Å². The fourth-order valence-electron chi connectivity index (χ4n) is 1.78. The van der Waals surface area contributed by atoms with Crippen LogP contribution in [-0.2, 0) is 22.6 Å². The quantitative estimate of drug-likeness (QED) is 0.850. The van der Waals surface area contributed by atoms with Gasteiger partial charge in [-0.15, -0.1) is 11.3 Å². The average molecular weight is 269 g/mol. The van der Waals surface area contributed by atoms with Crippen molar-refractivity contribution in [1.82, 2.24) is 9.88 Å². The first-order chi connectivity index (χ1) is 8.54. The average Bonchev–Trinajstić information content (AvgIpc) is 2.67. The molecule has 2 N–H and O–H groups in total. The van der Waals surface area contributed by atoms with Crippen LogP contribution in [0, 0.1) is 0 Å². The van der Waals surface area contributed by atoms with Gasteiger partial charge in [0.1, 0.15) is 0 Å². The number of aromatic nitrogens is 1. The molecule has 0 unspecified atom stereocenters. The van der Waals surface area contributed by atoms with E-state index in [1.165, 1.54) is 16.2 Å². The predicted molar refractivity (Wildman–Crippen MR) is 67.7 cm³/mol. The van der Waals surface area contributed by atoms with Crippen LogP contribution in [0.2, 0.25) is 0 Å². The van der Waals surface area contributed by atoms with Crippen LogP contribution in [0.25, 0.3) is 0 Å². The normalized spacial score (nSPS) is 15.2. The smallest absolute Gasteiger partial charge is 0.303 e. The predicted octanol–water partition coefficient (Wildman–Crippen LogP) is 0.934. The molecule has 1 amide bonds. The maximum Gasteiger partial charge on any atom is 0.303 e. The maximum atomic E-state index is 11.5. The third kappa shape index (κ3) is 3.27. The van der Waals surface area contributed by atoms with E-state index < -0.39 is 5.97 Å². The molecule has 18 heavy (non-hydrogen) atoms. The molecule has 0 aromatic carbocycles. The summed E-state index contributed by atoms with van der Waals surface area (Å²) in [5.41, 5.74) is 1.05. The van der Waals surface area contributed by atoms with E-state index in [1.54, 1.807) is 0 Å². The Morgan fingerprint density at radius 2 is 2.28 bits per heavy atom. The highest BCUT2D eigenvalue weighted by Gasteiger charge is 2.19. The van der Waals surface area contributed by atoms with Crippen molar-refractivity contribution in [3.05, 3.63) is 10.6 Å². The van der Waals surface area contributed by atoms with E-state index in [0.29, 0.717) is 5.13 Å². The summed E-state index contributed by atoms with van der Waals surface area (Å²) in [4.78, 5) is 29.6. The Hall–Kier alpha value is -1.47. The molecule has 0 saturated carbocycles. The van der Waals surface area contributed by atoms with Crippen LogP contribution in [0.3, 0.4) is 0 Å². The van der Waals surface area contributed by atoms with Gasteiger partial charge < -0.3 is 15.3 Å². The molecule has 0 radical (unpaired) electrons. The van der Waals surface area contributed by atoms with Gasteiger partial charge in [-0.25, -0.2) is 4.98 Å². The van der Waals surface area contributed by atoms with Crippen molar-refractivity contribution >= 4 is 28.3 Å². The van der Waals surface area contributed by atoms with Gasteiger partial charge in [0.15, 0.2) is 5.13 Å². The molecule has 0 atom stereocenters. The molecule has 1 aromatic heterocycles. The summed E-state index contributed by atoms with van der Waals surface area (Å²) in [6.45, 7) is 1.83. The molecular formula is C11H15N3O3S. The fourth-order valence-corrected chi connectivity index (χ4v) is 2.88. The standard InChI is InChI=1S/C11H15N3O3S/c1-14-5-4-7-8(6-14)18-11(12-7)13-9(15)2-3-10(16)17/h2-6H2,1H3,(H,16,17)(H,12,13,15). The van der Waals surface area contributed by atoms with Crippen molar-refractivity contribution in [2.45, 2.75) is 25.8 Å². The van der Waals surface area contributed by atoms with Gasteiger partial charge in [0.2, 0.25) is 5.91 Å². The monoisotopic (exact) mass is 269 g/mol. The van der Waals surface area contributed by atoms with Gasteiger partial charge in [0, 0.05) is 30.8 Å². The first-order valence-corrected chi connectivity index (χ1v) is 6.55. The van der Waals surface area contributed by atoms with Crippen LogP contribution in [0.5, 0.6) is 0 Å². The number of nitrogens with zero attached hydrogens (tertiary/aromatic N) is 2. The number of nitrogens with one attached hydrogen (secondary N) is 1. The van der Waals surface area contributed by atoms with Gasteiger partial charge in [-0.2, -0.15) is 0 Å². The largest absolute Gasteiger partial charge is 0.481 e. The lowest BCUT2D eigenvalue weighted by molar-refractivity contribution is -0.138. The lowest BCUT2D eigenvalue weighted by Gasteiger charge is -2.20. The number of aliphatic carboxylic acids is 1. The number of amides is 1. The molecule has 98 valence electrons. The number of carboxylic acid groups (broad SMARTS) is 1. The van der Waals surface area contributed by atoms with Gasteiger partial charge in [-0.3, -0.25) is 9.59 Å². The molecule has 0 saturated heterocycles. The minimum absolute atomic E-state index is 0.0144. The summed E-state index contributed by atoms with van der Waals surface area (Å²) in [5.74, 6) is -1.26. The number of carbonyl (C=O) groups is 2. The van der Waals surface area contributed by atoms with E-state index >= 15 is 0 Å². The van der Waals surface area contributed by atoms with Crippen LogP contribution in [0.15, 0.2) is 0 Å². The molecule has 0 aliphatic carbocycles. The molecule has 7 heteroatoms. The zero-order chi connectivity index (χ0) is 13.1. The van der Waals surface area contributed by atoms with Crippen molar-refractivity contribution in [3.8, 4) is 0 Å². The highest BCUT2D eigenvalue weighted by molar-refractivity contribution is 7.15. The van der Waals surface area contributed by atoms with Gasteiger partial charge in [-0.05, 0) is 7.05 Å². The van der Waals surface area contributed by atoms with Crippen LogP contribution >= 0.6 is 11.3 Å². The Kier molecular flexibility index (Phi) is 3.93. The van der Waals surface area contributed by atoms with Crippen molar-refractivity contribution in [1.29, 1.82) is 0 Å². The molecule has 1 aromatic rings. The summed E-state index contributed by atoms with van der Waals surface area (Å²) in [6, 6.07) is 0. The summed E-state index contributed by atoms with van der Waals surface area (Å²) < 4.78 is 0. The van der Waals surface area contributed by atoms with Gasteiger partial charge in [-0.1, -0.05) is 0 Å². The first kappa shape index (κ1) is 13.0. The Bertz CT molecular complexity index is 472. The Labute approximate surface area is 109 Å². The Morgan fingerprint density at radius 1 is 1.50 bits per heavy atom. The number of hydrogen-bond acceptors (Lipinski definition) is 5. The molecule has 0 fully saturated rings. The molecule has 1 aliphatic heterocycles. The lowest BCUT2D eigenvalue weighted by atomic mass is 10.2. The molecule has 2 rings (SSSR count). The third-order valence-corrected chi connectivity index (χ3v) is 3.73. The number of rotatable bonds is 4. The Balaban J connectivity index is 1.94. The van der Waals surface area contributed by atoms with Crippen molar-refractivity contribution in [3.63, 3.8) is 0 Å². The highest BCUT2D eigenvalue weighted by atomic mass is 32.1. The van der Waals surface area contributed by atoms with E-state index in [9.17, 15) is 9.59 Å². The third-order valence-electron chi connectivity index (χ3n) is 2.73. The van der Waals surface area contributed by atoms with E-state index in [4.69, 9.17) is 5.11 Å². The first-order valence-electron chi connectivity index (χ1n) is 5.73. The number of hydrogen-bond donors (Lipinski definition) is 2. The summed E-state index contributed by atoms with van der Waals surface area (Å²) in [7, 11) is 2.05. The van der Waals surface area contributed by atoms with Gasteiger partial charge >= 0.3 is 5.97 Å². The number of carboxylic acids is 1. The van der Waals surface area contributed by atoms with Gasteiger partial charge in [0.25, 0.3) is 0 Å². The molecule has 0 bridgehead atoms. The fraction of sp³-hybridized carbons (Fsp3) is 0.545. The number of fused-ring (bicyclic) bond motifs is 1. The SMILES string of the molecule is CN1CCc2nc(NC(=O)CCC(=O)O)sc2C1. The number of likely N-dealkylation sites (N-methyl/N-ethyl adjacent to an activating group) is 1. The van der Waals surface area contributed by atoms with E-state index in [2.05, 4.69) is 15.2 Å².